The van der Waals surface area contributed by atoms with Crippen molar-refractivity contribution < 1.29 is 0 Å². The summed E-state index contributed by atoms with van der Waals surface area (Å²) in [6.45, 7) is 4.41. The van der Waals surface area contributed by atoms with Crippen LogP contribution in [0, 0.1) is 0 Å². The molecule has 2 heteroatoms. The molecule has 1 aromatic heterocycles. The molecule has 0 aliphatic heterocycles. The topological polar surface area (TPSA) is 25.8 Å². The molecule has 1 aromatic carbocycles. The zero-order valence-corrected chi connectivity index (χ0v) is 12.6. The van der Waals surface area contributed by atoms with Gasteiger partial charge in [0, 0.05) is 18.0 Å². The van der Waals surface area contributed by atoms with Gasteiger partial charge in [0.2, 0.25) is 0 Å². The quantitative estimate of drug-likeness (QED) is 0.672. The van der Waals surface area contributed by atoms with E-state index in [2.05, 4.69) is 48.1 Å². The zero-order chi connectivity index (χ0) is 14.2. The van der Waals surface area contributed by atoms with Gasteiger partial charge in [-0.2, -0.15) is 0 Å². The molecule has 0 aliphatic rings. The van der Waals surface area contributed by atoms with Crippen molar-refractivity contribution in [3.8, 4) is 11.4 Å². The van der Waals surface area contributed by atoms with Gasteiger partial charge in [0.05, 0.1) is 0 Å². The first kappa shape index (κ1) is 14.7. The predicted octanol–water partition coefficient (Wildman–Crippen LogP) is 4.83. The van der Waals surface area contributed by atoms with Gasteiger partial charge in [-0.3, -0.25) is 0 Å². The minimum atomic E-state index is 0.824. The molecule has 0 saturated heterocycles. The van der Waals surface area contributed by atoms with E-state index in [4.69, 9.17) is 0 Å². The Balaban J connectivity index is 2.01. The van der Waals surface area contributed by atoms with Gasteiger partial charge in [-0.25, -0.2) is 9.97 Å². The summed E-state index contributed by atoms with van der Waals surface area (Å²) in [5.41, 5.74) is 3.73. The lowest BCUT2D eigenvalue weighted by Crippen LogP contribution is -1.93. The Morgan fingerprint density at radius 1 is 0.750 bits per heavy atom. The van der Waals surface area contributed by atoms with E-state index >= 15 is 0 Å². The maximum absolute atomic E-state index is 4.46. The molecule has 0 bridgehead atoms. The molecule has 0 unspecified atom stereocenters. The fourth-order valence-corrected chi connectivity index (χ4v) is 2.32. The van der Waals surface area contributed by atoms with Gasteiger partial charge in [-0.1, -0.05) is 57.4 Å². The molecule has 2 rings (SSSR count). The largest absolute Gasteiger partial charge is 0.236 e. The summed E-state index contributed by atoms with van der Waals surface area (Å²) < 4.78 is 0. The monoisotopic (exact) mass is 268 g/mol. The van der Waals surface area contributed by atoms with E-state index in [-0.39, 0.29) is 0 Å². The molecule has 0 saturated carbocycles. The molecule has 0 spiro atoms. The standard InChI is InChI=1S/C18H24N2/c1-3-5-6-8-15-9-11-17(12-10-15)18-19-13-16(7-4-2)14-20-18/h9-14H,3-8H2,1-2H3. The number of aromatic nitrogens is 2. The highest BCUT2D eigenvalue weighted by atomic mass is 14.9. The Morgan fingerprint density at radius 3 is 2.05 bits per heavy atom. The third-order valence-electron chi connectivity index (χ3n) is 3.53. The van der Waals surface area contributed by atoms with Crippen molar-refractivity contribution in [2.45, 2.75) is 52.4 Å². The molecule has 2 nitrogen and oxygen atoms in total. The van der Waals surface area contributed by atoms with Crippen molar-refractivity contribution in [2.24, 2.45) is 0 Å². The highest BCUT2D eigenvalue weighted by Gasteiger charge is 2.02. The molecular weight excluding hydrogens is 244 g/mol. The minimum absolute atomic E-state index is 0.824. The Morgan fingerprint density at radius 2 is 1.45 bits per heavy atom. The normalized spacial score (nSPS) is 10.7. The number of rotatable bonds is 7. The number of hydrogen-bond acceptors (Lipinski definition) is 2. The second-order valence-corrected chi connectivity index (χ2v) is 5.32. The molecule has 2 aromatic rings. The van der Waals surface area contributed by atoms with Crippen LogP contribution >= 0.6 is 0 Å². The third-order valence-corrected chi connectivity index (χ3v) is 3.53. The van der Waals surface area contributed by atoms with Crippen LogP contribution in [0.1, 0.15) is 50.7 Å². The number of hydrogen-bond donors (Lipinski definition) is 0. The first-order chi connectivity index (χ1) is 9.83. The van der Waals surface area contributed by atoms with Crippen molar-refractivity contribution in [1.82, 2.24) is 9.97 Å². The van der Waals surface area contributed by atoms with E-state index in [0.29, 0.717) is 0 Å². The second kappa shape index (κ2) is 7.78. The van der Waals surface area contributed by atoms with Crippen LogP contribution in [0.15, 0.2) is 36.7 Å². The maximum Gasteiger partial charge on any atom is 0.159 e. The number of unbranched alkanes of at least 4 members (excludes halogenated alkanes) is 2. The fraction of sp³-hybridized carbons (Fsp3) is 0.444. The average molecular weight is 268 g/mol. The SMILES string of the molecule is CCCCCc1ccc(-c2ncc(CCC)cn2)cc1. The lowest BCUT2D eigenvalue weighted by Gasteiger charge is -2.04. The fourth-order valence-electron chi connectivity index (χ4n) is 2.32. The zero-order valence-electron chi connectivity index (χ0n) is 12.6. The molecule has 0 fully saturated rings. The van der Waals surface area contributed by atoms with Gasteiger partial charge in [-0.15, -0.1) is 0 Å². The van der Waals surface area contributed by atoms with Gasteiger partial charge in [0.25, 0.3) is 0 Å². The minimum Gasteiger partial charge on any atom is -0.236 e. The van der Waals surface area contributed by atoms with Crippen LogP contribution in [0.3, 0.4) is 0 Å². The van der Waals surface area contributed by atoms with E-state index in [9.17, 15) is 0 Å². The van der Waals surface area contributed by atoms with Crippen LogP contribution in [0.25, 0.3) is 11.4 Å². The molecule has 0 amide bonds. The average Bonchev–Trinajstić information content (AvgIpc) is 2.49. The van der Waals surface area contributed by atoms with E-state index in [1.165, 1.54) is 36.8 Å². The van der Waals surface area contributed by atoms with Crippen LogP contribution in [-0.4, -0.2) is 9.97 Å². The van der Waals surface area contributed by atoms with Gasteiger partial charge in [0.15, 0.2) is 5.82 Å². The van der Waals surface area contributed by atoms with Gasteiger partial charge in [0.1, 0.15) is 0 Å². The summed E-state index contributed by atoms with van der Waals surface area (Å²) in [7, 11) is 0. The van der Waals surface area contributed by atoms with Gasteiger partial charge in [-0.05, 0) is 30.4 Å². The lowest BCUT2D eigenvalue weighted by atomic mass is 10.1. The third kappa shape index (κ3) is 4.16. The van der Waals surface area contributed by atoms with Gasteiger partial charge < -0.3 is 0 Å². The van der Waals surface area contributed by atoms with Crippen LogP contribution < -0.4 is 0 Å². The Bertz CT molecular complexity index is 500. The summed E-state index contributed by atoms with van der Waals surface area (Å²) in [5.74, 6) is 0.824. The number of benzene rings is 1. The summed E-state index contributed by atoms with van der Waals surface area (Å²) >= 11 is 0. The van der Waals surface area contributed by atoms with E-state index in [1.807, 2.05) is 12.4 Å². The van der Waals surface area contributed by atoms with Crippen LogP contribution in [0.5, 0.6) is 0 Å². The molecule has 0 atom stereocenters. The molecule has 0 aliphatic carbocycles. The van der Waals surface area contributed by atoms with Crippen molar-refractivity contribution >= 4 is 0 Å². The van der Waals surface area contributed by atoms with Crippen LogP contribution in [-0.2, 0) is 12.8 Å². The van der Waals surface area contributed by atoms with Crippen molar-refractivity contribution in [1.29, 1.82) is 0 Å². The molecule has 20 heavy (non-hydrogen) atoms. The number of aryl methyl sites for hydroxylation is 2. The molecule has 0 N–H and O–H groups in total. The van der Waals surface area contributed by atoms with Crippen molar-refractivity contribution in [3.63, 3.8) is 0 Å². The molecule has 106 valence electrons. The summed E-state index contributed by atoms with van der Waals surface area (Å²) in [6.07, 6.45) is 11.1. The lowest BCUT2D eigenvalue weighted by molar-refractivity contribution is 0.717. The van der Waals surface area contributed by atoms with E-state index in [1.54, 1.807) is 0 Å². The first-order valence-corrected chi connectivity index (χ1v) is 7.73. The summed E-state index contributed by atoms with van der Waals surface area (Å²) in [5, 5.41) is 0. The Hall–Kier alpha value is -1.70. The van der Waals surface area contributed by atoms with E-state index < -0.39 is 0 Å². The Kier molecular flexibility index (Phi) is 5.72. The highest BCUT2D eigenvalue weighted by molar-refractivity contribution is 5.55. The molecule has 1 heterocycles. The maximum atomic E-state index is 4.46. The highest BCUT2D eigenvalue weighted by Crippen LogP contribution is 2.17. The van der Waals surface area contributed by atoms with Crippen molar-refractivity contribution in [3.05, 3.63) is 47.8 Å². The smallest absolute Gasteiger partial charge is 0.159 e. The summed E-state index contributed by atoms with van der Waals surface area (Å²) in [6, 6.07) is 8.68. The molecule has 0 radical (unpaired) electrons. The Labute approximate surface area is 122 Å². The predicted molar refractivity (Wildman–Crippen MR) is 84.7 cm³/mol. The molecular formula is C18H24N2. The van der Waals surface area contributed by atoms with E-state index in [0.717, 1.165) is 24.2 Å². The van der Waals surface area contributed by atoms with Crippen molar-refractivity contribution in [2.75, 3.05) is 0 Å². The van der Waals surface area contributed by atoms with Gasteiger partial charge >= 0.3 is 0 Å². The second-order valence-electron chi connectivity index (χ2n) is 5.32. The first-order valence-electron chi connectivity index (χ1n) is 7.73. The van der Waals surface area contributed by atoms with Crippen LogP contribution in [0.2, 0.25) is 0 Å². The number of nitrogens with zero attached hydrogens (tertiary/aromatic N) is 2. The summed E-state index contributed by atoms with van der Waals surface area (Å²) in [4.78, 5) is 8.92. The van der Waals surface area contributed by atoms with Crippen LogP contribution in [0.4, 0.5) is 0 Å².